The van der Waals surface area contributed by atoms with Crippen LogP contribution in [0, 0.1) is 16.7 Å². The number of nitrogens with zero attached hydrogens (tertiary/aromatic N) is 4. The second kappa shape index (κ2) is 5.46. The Morgan fingerprint density at radius 1 is 1.28 bits per heavy atom. The second-order valence-corrected chi connectivity index (χ2v) is 10.1. The first kappa shape index (κ1) is 17.2. The molecule has 0 unspecified atom stereocenters. The van der Waals surface area contributed by atoms with Gasteiger partial charge in [0.15, 0.2) is 11.5 Å². The van der Waals surface area contributed by atoms with E-state index >= 15 is 0 Å². The number of rotatable bonds is 3. The van der Waals surface area contributed by atoms with Crippen LogP contribution in [0.3, 0.4) is 0 Å². The number of fused-ring (bicyclic) bond motifs is 2. The number of imidazole rings is 1. The number of carbonyl (C=O) groups excluding carboxylic acids is 1. The molecule has 0 spiro atoms. The molecule has 4 aliphatic carbocycles. The van der Waals surface area contributed by atoms with Gasteiger partial charge in [0.1, 0.15) is 5.69 Å². The molecule has 1 amide bonds. The third-order valence-corrected chi connectivity index (χ3v) is 7.39. The first-order valence-electron chi connectivity index (χ1n) is 10.5. The van der Waals surface area contributed by atoms with E-state index in [4.69, 9.17) is 0 Å². The summed E-state index contributed by atoms with van der Waals surface area (Å²) in [5.74, 6) is 1.76. The number of hydrogen-bond acceptors (Lipinski definition) is 4. The number of H-pyrrole nitrogens is 2. The molecule has 0 aromatic carbocycles. The van der Waals surface area contributed by atoms with Crippen molar-refractivity contribution in [1.29, 1.82) is 0 Å². The van der Waals surface area contributed by atoms with Crippen LogP contribution in [0.5, 0.6) is 0 Å². The summed E-state index contributed by atoms with van der Waals surface area (Å²) in [6.07, 6.45) is 8.07. The molecule has 0 saturated heterocycles. The zero-order chi connectivity index (χ0) is 20.0. The van der Waals surface area contributed by atoms with Gasteiger partial charge in [0, 0.05) is 18.3 Å². The molecule has 3 aromatic heterocycles. The first-order chi connectivity index (χ1) is 13.8. The fourth-order valence-corrected chi connectivity index (χ4v) is 5.44. The lowest BCUT2D eigenvalue weighted by atomic mass is 9.44. The van der Waals surface area contributed by atoms with Crippen molar-refractivity contribution >= 4 is 22.8 Å². The van der Waals surface area contributed by atoms with Gasteiger partial charge in [0.2, 0.25) is 5.91 Å². The smallest absolute Gasteiger partial charge is 0.233 e. The van der Waals surface area contributed by atoms with Crippen LogP contribution in [0.2, 0.25) is 0 Å². The average Bonchev–Trinajstić information content (AvgIpc) is 3.19. The van der Waals surface area contributed by atoms with Gasteiger partial charge in [-0.2, -0.15) is 5.10 Å². The number of amides is 1. The number of carbonyl (C=O) groups is 1. The molecule has 7 rings (SSSR count). The maximum Gasteiger partial charge on any atom is 0.233 e. The van der Waals surface area contributed by atoms with Gasteiger partial charge in [-0.05, 0) is 55.9 Å². The minimum absolute atomic E-state index is 0.0879. The first-order valence-corrected chi connectivity index (χ1v) is 10.5. The molecular formula is C22H26N6O. The summed E-state index contributed by atoms with van der Waals surface area (Å²) >= 11 is 0. The van der Waals surface area contributed by atoms with E-state index in [2.05, 4.69) is 39.0 Å². The van der Waals surface area contributed by atoms with E-state index in [1.807, 2.05) is 13.1 Å². The highest BCUT2D eigenvalue weighted by Crippen LogP contribution is 2.65. The lowest BCUT2D eigenvalue weighted by Crippen LogP contribution is -2.60. The molecule has 3 heterocycles. The number of anilines is 1. The Balaban J connectivity index is 1.32. The van der Waals surface area contributed by atoms with Gasteiger partial charge in [0.25, 0.3) is 0 Å². The molecule has 4 aliphatic rings. The number of hydrogen-bond donors (Lipinski definition) is 2. The molecule has 3 saturated carbocycles. The van der Waals surface area contributed by atoms with E-state index in [0.717, 1.165) is 67.2 Å². The zero-order valence-corrected chi connectivity index (χ0v) is 17.2. The number of nitrogens with one attached hydrogen (secondary N) is 2. The summed E-state index contributed by atoms with van der Waals surface area (Å²) in [7, 11) is 1.86. The van der Waals surface area contributed by atoms with Crippen molar-refractivity contribution < 1.29 is 4.79 Å². The summed E-state index contributed by atoms with van der Waals surface area (Å²) in [6.45, 7) is 4.60. The van der Waals surface area contributed by atoms with Gasteiger partial charge in [-0.15, -0.1) is 0 Å². The van der Waals surface area contributed by atoms with Gasteiger partial charge in [-0.3, -0.25) is 9.89 Å². The minimum atomic E-state index is -0.0879. The highest BCUT2D eigenvalue weighted by atomic mass is 16.2. The molecule has 2 bridgehead atoms. The molecule has 0 aliphatic heterocycles. The zero-order valence-electron chi connectivity index (χ0n) is 17.2. The van der Waals surface area contributed by atoms with Crippen LogP contribution in [-0.4, -0.2) is 38.1 Å². The van der Waals surface area contributed by atoms with Gasteiger partial charge < -0.3 is 9.88 Å². The Morgan fingerprint density at radius 2 is 2.07 bits per heavy atom. The van der Waals surface area contributed by atoms with Gasteiger partial charge in [-0.1, -0.05) is 13.8 Å². The maximum absolute atomic E-state index is 12.9. The second-order valence-electron chi connectivity index (χ2n) is 10.1. The van der Waals surface area contributed by atoms with Crippen molar-refractivity contribution in [2.45, 2.75) is 52.4 Å². The highest BCUT2D eigenvalue weighted by molar-refractivity contribution is 5.99. The summed E-state index contributed by atoms with van der Waals surface area (Å²) in [5.41, 5.74) is 5.90. The predicted molar refractivity (Wildman–Crippen MR) is 110 cm³/mol. The topological polar surface area (TPSA) is 90.6 Å². The third-order valence-electron chi connectivity index (χ3n) is 7.39. The number of aromatic nitrogens is 5. The van der Waals surface area contributed by atoms with Crippen LogP contribution in [0.25, 0.3) is 22.7 Å². The predicted octanol–water partition coefficient (Wildman–Crippen LogP) is 3.63. The van der Waals surface area contributed by atoms with Crippen molar-refractivity contribution in [3.63, 3.8) is 0 Å². The van der Waals surface area contributed by atoms with Gasteiger partial charge in [-0.25, -0.2) is 9.97 Å². The molecule has 2 N–H and O–H groups in total. The van der Waals surface area contributed by atoms with Crippen LogP contribution in [0.1, 0.15) is 50.8 Å². The van der Waals surface area contributed by atoms with E-state index < -0.39 is 0 Å². The van der Waals surface area contributed by atoms with E-state index in [1.165, 1.54) is 11.3 Å². The number of pyridine rings is 1. The standard InChI is InChI=1S/C22H26N6O/c1-21(2)5-4-14-16(10-21)26-27-17(14)19-24-15-6-13(11-23-18(15)25-19)28(3)20(29)22-7-12(8-22)9-22/h6,11-12H,4-5,7-10H2,1-3H3,(H,26,27)(H,23,24,25). The Labute approximate surface area is 169 Å². The summed E-state index contributed by atoms with van der Waals surface area (Å²) in [6, 6.07) is 1.98. The Kier molecular flexibility index (Phi) is 3.24. The van der Waals surface area contributed by atoms with Crippen molar-refractivity contribution in [2.75, 3.05) is 11.9 Å². The van der Waals surface area contributed by atoms with Crippen molar-refractivity contribution in [1.82, 2.24) is 25.1 Å². The molecular weight excluding hydrogens is 364 g/mol. The molecule has 150 valence electrons. The van der Waals surface area contributed by atoms with Gasteiger partial charge >= 0.3 is 0 Å². The van der Waals surface area contributed by atoms with E-state index in [1.54, 1.807) is 11.1 Å². The molecule has 29 heavy (non-hydrogen) atoms. The van der Waals surface area contributed by atoms with Crippen LogP contribution >= 0.6 is 0 Å². The van der Waals surface area contributed by atoms with Crippen LogP contribution < -0.4 is 4.90 Å². The van der Waals surface area contributed by atoms with E-state index in [-0.39, 0.29) is 11.3 Å². The molecule has 3 aromatic rings. The normalized spacial score (nSPS) is 26.5. The fourth-order valence-electron chi connectivity index (χ4n) is 5.44. The molecule has 0 radical (unpaired) electrons. The minimum Gasteiger partial charge on any atom is -0.335 e. The Bertz CT molecular complexity index is 1140. The fraction of sp³-hybridized carbons (Fsp3) is 0.545. The van der Waals surface area contributed by atoms with Crippen molar-refractivity contribution in [2.24, 2.45) is 16.7 Å². The molecule has 7 nitrogen and oxygen atoms in total. The summed E-state index contributed by atoms with van der Waals surface area (Å²) in [4.78, 5) is 27.2. The van der Waals surface area contributed by atoms with Crippen molar-refractivity contribution in [3.05, 3.63) is 23.5 Å². The summed E-state index contributed by atoms with van der Waals surface area (Å²) in [5, 5.41) is 7.78. The van der Waals surface area contributed by atoms with Gasteiger partial charge in [0.05, 0.1) is 22.8 Å². The number of aromatic amines is 2. The van der Waals surface area contributed by atoms with Crippen LogP contribution in [0.4, 0.5) is 5.69 Å². The van der Waals surface area contributed by atoms with Crippen LogP contribution in [0.15, 0.2) is 12.3 Å². The molecule has 7 heteroatoms. The molecule has 0 atom stereocenters. The summed E-state index contributed by atoms with van der Waals surface area (Å²) < 4.78 is 0. The molecule has 3 fully saturated rings. The Hall–Kier alpha value is -2.70. The lowest BCUT2D eigenvalue weighted by Gasteiger charge is -2.61. The van der Waals surface area contributed by atoms with E-state index in [0.29, 0.717) is 11.1 Å². The quantitative estimate of drug-likeness (QED) is 0.714. The van der Waals surface area contributed by atoms with Crippen LogP contribution in [-0.2, 0) is 17.6 Å². The maximum atomic E-state index is 12.9. The van der Waals surface area contributed by atoms with Crippen molar-refractivity contribution in [3.8, 4) is 11.5 Å². The monoisotopic (exact) mass is 390 g/mol. The Morgan fingerprint density at radius 3 is 2.79 bits per heavy atom. The lowest BCUT2D eigenvalue weighted by molar-refractivity contribution is -0.161. The largest absolute Gasteiger partial charge is 0.335 e. The highest BCUT2D eigenvalue weighted by Gasteiger charge is 2.62. The average molecular weight is 390 g/mol. The SMILES string of the molecule is CN(C(=O)C12CC(C1)C2)c1cnc2nc(-c3n[nH]c4c3CCC(C)(C)C4)[nH]c2c1. The van der Waals surface area contributed by atoms with E-state index in [9.17, 15) is 4.79 Å². The third kappa shape index (κ3) is 2.42.